The highest BCUT2D eigenvalue weighted by atomic mass is 79.9. The molecule has 0 aliphatic rings. The zero-order valence-electron chi connectivity index (χ0n) is 8.32. The van der Waals surface area contributed by atoms with Gasteiger partial charge in [-0.15, -0.1) is 0 Å². The summed E-state index contributed by atoms with van der Waals surface area (Å²) in [7, 11) is 0. The first-order valence-corrected chi connectivity index (χ1v) is 6.08. The van der Waals surface area contributed by atoms with Crippen molar-refractivity contribution in [3.8, 4) is 0 Å². The van der Waals surface area contributed by atoms with E-state index in [0.29, 0.717) is 11.1 Å². The number of nitrogen functional groups attached to an aromatic ring is 1. The summed E-state index contributed by atoms with van der Waals surface area (Å²) in [5.74, 6) is -1.95. The van der Waals surface area contributed by atoms with Crippen LogP contribution in [0.2, 0.25) is 0 Å². The predicted molar refractivity (Wildman–Crippen MR) is 64.6 cm³/mol. The molecule has 0 aliphatic carbocycles. The molecule has 2 heterocycles. The molecule has 0 spiro atoms. The Morgan fingerprint density at radius 2 is 2.00 bits per heavy atom. The van der Waals surface area contributed by atoms with Crippen molar-refractivity contribution in [1.82, 2.24) is 9.97 Å². The molecule has 2 aromatic rings. The molecule has 7 heteroatoms. The molecule has 0 amide bonds. The maximum absolute atomic E-state index is 13.4. The van der Waals surface area contributed by atoms with Gasteiger partial charge in [0.25, 0.3) is 0 Å². The van der Waals surface area contributed by atoms with Crippen molar-refractivity contribution in [3.63, 3.8) is 0 Å². The molecule has 3 nitrogen and oxygen atoms in total. The van der Waals surface area contributed by atoms with Crippen LogP contribution in [0.25, 0.3) is 0 Å². The summed E-state index contributed by atoms with van der Waals surface area (Å²) < 4.78 is 27.1. The molecule has 0 saturated heterocycles. The smallest absolute Gasteiger partial charge is 0.168 e. The second-order valence-corrected chi connectivity index (χ2v) is 4.98. The Balaban J connectivity index is 2.30. The molecule has 2 N–H and O–H groups in total. The summed E-state index contributed by atoms with van der Waals surface area (Å²) in [6.07, 6.45) is 1.58. The Kier molecular flexibility index (Phi) is 3.58. The molecule has 0 atom stereocenters. The summed E-state index contributed by atoms with van der Waals surface area (Å²) in [5.41, 5.74) is 5.27. The summed E-state index contributed by atoms with van der Waals surface area (Å²) in [6.45, 7) is 0. The number of hydrogen-bond donors (Lipinski definition) is 1. The summed E-state index contributed by atoms with van der Waals surface area (Å²) in [5, 5.41) is 0.546. The summed E-state index contributed by atoms with van der Waals surface area (Å²) in [6, 6.07) is 4.17. The van der Waals surface area contributed by atoms with Crippen LogP contribution in [0.4, 0.5) is 14.6 Å². The lowest BCUT2D eigenvalue weighted by atomic mass is 10.4. The predicted octanol–water partition coefficient (Wildman–Crippen LogP) is 3.25. The summed E-state index contributed by atoms with van der Waals surface area (Å²) >= 11 is 4.22. The SMILES string of the molecule is Nc1nc(Sc2ccc(Br)cn2)c(F)cc1F. The van der Waals surface area contributed by atoms with Crippen LogP contribution in [0.3, 0.4) is 0 Å². The van der Waals surface area contributed by atoms with E-state index in [2.05, 4.69) is 25.9 Å². The van der Waals surface area contributed by atoms with E-state index in [4.69, 9.17) is 5.73 Å². The quantitative estimate of drug-likeness (QED) is 0.923. The van der Waals surface area contributed by atoms with Crippen LogP contribution in [0, 0.1) is 11.6 Å². The van der Waals surface area contributed by atoms with Gasteiger partial charge >= 0.3 is 0 Å². The van der Waals surface area contributed by atoms with E-state index in [0.717, 1.165) is 16.2 Å². The molecule has 2 aromatic heterocycles. The van der Waals surface area contributed by atoms with Crippen LogP contribution in [0.1, 0.15) is 0 Å². The number of nitrogens with zero attached hydrogens (tertiary/aromatic N) is 2. The minimum Gasteiger partial charge on any atom is -0.381 e. The van der Waals surface area contributed by atoms with Crippen LogP contribution < -0.4 is 5.73 Å². The molecule has 17 heavy (non-hydrogen) atoms. The van der Waals surface area contributed by atoms with Gasteiger partial charge in [-0.3, -0.25) is 0 Å². The Morgan fingerprint density at radius 1 is 1.24 bits per heavy atom. The van der Waals surface area contributed by atoms with E-state index in [9.17, 15) is 8.78 Å². The Morgan fingerprint density at radius 3 is 2.65 bits per heavy atom. The van der Waals surface area contributed by atoms with Crippen LogP contribution in [-0.2, 0) is 0 Å². The fraction of sp³-hybridized carbons (Fsp3) is 0. The van der Waals surface area contributed by atoms with Crippen molar-refractivity contribution in [1.29, 1.82) is 0 Å². The van der Waals surface area contributed by atoms with E-state index in [1.807, 2.05) is 0 Å². The summed E-state index contributed by atoms with van der Waals surface area (Å²) in [4.78, 5) is 7.67. The van der Waals surface area contributed by atoms with Gasteiger partial charge in [-0.05, 0) is 39.8 Å². The largest absolute Gasteiger partial charge is 0.381 e. The average molecular weight is 318 g/mol. The number of pyridine rings is 2. The molecule has 0 bridgehead atoms. The van der Waals surface area contributed by atoms with Crippen molar-refractivity contribution >= 4 is 33.5 Å². The van der Waals surface area contributed by atoms with Gasteiger partial charge in [0.05, 0.1) is 0 Å². The third kappa shape index (κ3) is 2.92. The van der Waals surface area contributed by atoms with Gasteiger partial charge in [-0.25, -0.2) is 18.7 Å². The molecular weight excluding hydrogens is 312 g/mol. The number of anilines is 1. The maximum Gasteiger partial charge on any atom is 0.168 e. The minimum absolute atomic E-state index is 0.00118. The van der Waals surface area contributed by atoms with Crippen molar-refractivity contribution in [3.05, 3.63) is 40.5 Å². The highest BCUT2D eigenvalue weighted by Crippen LogP contribution is 2.28. The van der Waals surface area contributed by atoms with Crippen LogP contribution in [0.5, 0.6) is 0 Å². The van der Waals surface area contributed by atoms with Crippen molar-refractivity contribution in [2.24, 2.45) is 0 Å². The highest BCUT2D eigenvalue weighted by Gasteiger charge is 2.11. The second kappa shape index (κ2) is 4.97. The molecular formula is C10H6BrF2N3S. The van der Waals surface area contributed by atoms with E-state index in [1.54, 1.807) is 18.3 Å². The normalized spacial score (nSPS) is 10.5. The van der Waals surface area contributed by atoms with Gasteiger partial charge in [-0.1, -0.05) is 0 Å². The Bertz CT molecular complexity index is 548. The number of hydrogen-bond acceptors (Lipinski definition) is 4. The van der Waals surface area contributed by atoms with Gasteiger partial charge in [0.2, 0.25) is 0 Å². The number of rotatable bonds is 2. The van der Waals surface area contributed by atoms with Crippen LogP contribution in [0.15, 0.2) is 38.9 Å². The average Bonchev–Trinajstić information content (AvgIpc) is 2.29. The fourth-order valence-corrected chi connectivity index (χ4v) is 2.03. The Labute approximate surface area is 109 Å². The lowest BCUT2D eigenvalue weighted by Crippen LogP contribution is -1.99. The maximum atomic E-state index is 13.4. The number of aromatic nitrogens is 2. The monoisotopic (exact) mass is 317 g/mol. The minimum atomic E-state index is -0.865. The molecule has 0 saturated carbocycles. The van der Waals surface area contributed by atoms with Crippen molar-refractivity contribution in [2.75, 3.05) is 5.73 Å². The van der Waals surface area contributed by atoms with Gasteiger partial charge < -0.3 is 5.73 Å². The molecule has 0 radical (unpaired) electrons. The molecule has 0 unspecified atom stereocenters. The molecule has 2 rings (SSSR count). The zero-order chi connectivity index (χ0) is 12.4. The molecule has 0 aromatic carbocycles. The topological polar surface area (TPSA) is 51.8 Å². The lowest BCUT2D eigenvalue weighted by molar-refractivity contribution is 0.552. The number of halogens is 3. The van der Waals surface area contributed by atoms with Gasteiger partial charge in [0.15, 0.2) is 17.5 Å². The lowest BCUT2D eigenvalue weighted by Gasteiger charge is -2.03. The molecule has 0 aliphatic heterocycles. The van der Waals surface area contributed by atoms with Gasteiger partial charge in [0, 0.05) is 16.7 Å². The molecule has 88 valence electrons. The number of nitrogens with two attached hydrogens (primary N) is 1. The second-order valence-electron chi connectivity index (χ2n) is 3.06. The van der Waals surface area contributed by atoms with Crippen LogP contribution >= 0.6 is 27.7 Å². The van der Waals surface area contributed by atoms with E-state index < -0.39 is 11.6 Å². The van der Waals surface area contributed by atoms with E-state index >= 15 is 0 Å². The third-order valence-corrected chi connectivity index (χ3v) is 3.23. The first kappa shape index (κ1) is 12.3. The fourth-order valence-electron chi connectivity index (χ4n) is 1.06. The molecule has 0 fully saturated rings. The van der Waals surface area contributed by atoms with Crippen LogP contribution in [-0.4, -0.2) is 9.97 Å². The third-order valence-electron chi connectivity index (χ3n) is 1.83. The first-order valence-electron chi connectivity index (χ1n) is 4.47. The van der Waals surface area contributed by atoms with E-state index in [-0.39, 0.29) is 10.8 Å². The highest BCUT2D eigenvalue weighted by molar-refractivity contribution is 9.10. The standard InChI is InChI=1S/C10H6BrF2N3S/c11-5-1-2-8(15-4-5)17-10-7(13)3-6(12)9(14)16-10/h1-4H,(H2,14,16). The van der Waals surface area contributed by atoms with E-state index in [1.165, 1.54) is 0 Å². The van der Waals surface area contributed by atoms with Crippen molar-refractivity contribution in [2.45, 2.75) is 10.1 Å². The zero-order valence-corrected chi connectivity index (χ0v) is 10.7. The first-order chi connectivity index (χ1) is 8.06. The van der Waals surface area contributed by atoms with Gasteiger partial charge in [0.1, 0.15) is 10.1 Å². The van der Waals surface area contributed by atoms with Crippen molar-refractivity contribution < 1.29 is 8.78 Å². The Hall–Kier alpha value is -1.21. The van der Waals surface area contributed by atoms with Gasteiger partial charge in [-0.2, -0.15) is 0 Å².